The Hall–Kier alpha value is -0.420. The monoisotopic (exact) mass is 374 g/mol. The minimum absolute atomic E-state index is 0.0262. The van der Waals surface area contributed by atoms with Gasteiger partial charge in [-0.15, -0.1) is 0 Å². The van der Waals surface area contributed by atoms with E-state index >= 15 is 0 Å². The molecule has 5 heteroatoms. The summed E-state index contributed by atoms with van der Waals surface area (Å²) in [4.78, 5) is 16.2. The van der Waals surface area contributed by atoms with Crippen LogP contribution in [0, 0.1) is 5.92 Å². The van der Waals surface area contributed by atoms with Crippen molar-refractivity contribution in [2.45, 2.75) is 31.7 Å². The van der Waals surface area contributed by atoms with Gasteiger partial charge in [-0.25, -0.2) is 0 Å². The van der Waals surface area contributed by atoms with E-state index in [4.69, 9.17) is 0 Å². The molecule has 2 rings (SSSR count). The van der Waals surface area contributed by atoms with E-state index in [1.165, 1.54) is 19.3 Å². The third-order valence-corrected chi connectivity index (χ3v) is 4.66. The molecule has 3 nitrogen and oxygen atoms in total. The Morgan fingerprint density at radius 2 is 2.17 bits per heavy atom. The van der Waals surface area contributed by atoms with Gasteiger partial charge in [-0.05, 0) is 40.8 Å². The van der Waals surface area contributed by atoms with E-state index in [0.717, 1.165) is 16.2 Å². The van der Waals surface area contributed by atoms with E-state index in [1.54, 1.807) is 18.5 Å². The first-order valence-corrected chi connectivity index (χ1v) is 8.09. The van der Waals surface area contributed by atoms with Crippen LogP contribution in [-0.2, 0) is 0 Å². The Morgan fingerprint density at radius 1 is 1.39 bits per heavy atom. The van der Waals surface area contributed by atoms with Crippen LogP contribution in [0.3, 0.4) is 0 Å². The molecule has 1 fully saturated rings. The van der Waals surface area contributed by atoms with E-state index in [1.807, 2.05) is 0 Å². The van der Waals surface area contributed by atoms with Crippen molar-refractivity contribution in [3.05, 3.63) is 28.5 Å². The number of nitrogens with zero attached hydrogens (tertiary/aromatic N) is 1. The molecular weight excluding hydrogens is 360 g/mol. The number of aromatic nitrogens is 1. The summed E-state index contributed by atoms with van der Waals surface area (Å²) in [5.41, 5.74) is 0.614. The standard InChI is InChI=1S/C13H16Br2N2O/c14-6-9-3-1-2-4-12(9)17-13(18)10-5-11(15)8-16-7-10/h5,7-9,12H,1-4,6H2,(H,17,18). The maximum absolute atomic E-state index is 12.1. The second kappa shape index (κ2) is 6.66. The van der Waals surface area contributed by atoms with Crippen molar-refractivity contribution in [3.8, 4) is 0 Å². The summed E-state index contributed by atoms with van der Waals surface area (Å²) in [6.07, 6.45) is 8.01. The fraction of sp³-hybridized carbons (Fsp3) is 0.538. The fourth-order valence-electron chi connectivity index (χ4n) is 2.37. The highest BCUT2D eigenvalue weighted by molar-refractivity contribution is 9.10. The van der Waals surface area contributed by atoms with Crippen LogP contribution >= 0.6 is 31.9 Å². The topological polar surface area (TPSA) is 42.0 Å². The maximum atomic E-state index is 12.1. The molecule has 1 saturated carbocycles. The van der Waals surface area contributed by atoms with Crippen molar-refractivity contribution in [2.24, 2.45) is 5.92 Å². The molecule has 1 aliphatic carbocycles. The molecule has 0 saturated heterocycles. The van der Waals surface area contributed by atoms with Crippen LogP contribution in [0.5, 0.6) is 0 Å². The number of carbonyl (C=O) groups excluding carboxylic acids is 1. The fourth-order valence-corrected chi connectivity index (χ4v) is 3.51. The average Bonchev–Trinajstić information content (AvgIpc) is 2.39. The third-order valence-electron chi connectivity index (χ3n) is 3.39. The third kappa shape index (κ3) is 3.54. The van der Waals surface area contributed by atoms with Crippen molar-refractivity contribution in [2.75, 3.05) is 5.33 Å². The molecule has 2 unspecified atom stereocenters. The summed E-state index contributed by atoms with van der Waals surface area (Å²) >= 11 is 6.87. The summed E-state index contributed by atoms with van der Waals surface area (Å²) in [6, 6.07) is 2.08. The van der Waals surface area contributed by atoms with Gasteiger partial charge in [-0.1, -0.05) is 28.8 Å². The first-order valence-electron chi connectivity index (χ1n) is 6.18. The average molecular weight is 376 g/mol. The second-order valence-electron chi connectivity index (χ2n) is 4.67. The molecule has 1 amide bonds. The molecule has 0 bridgehead atoms. The van der Waals surface area contributed by atoms with Gasteiger partial charge in [0.2, 0.25) is 0 Å². The predicted octanol–water partition coefficient (Wildman–Crippen LogP) is 3.53. The zero-order valence-electron chi connectivity index (χ0n) is 10.0. The molecule has 1 aromatic rings. The number of rotatable bonds is 3. The molecule has 1 N–H and O–H groups in total. The number of halogens is 2. The van der Waals surface area contributed by atoms with E-state index < -0.39 is 0 Å². The number of hydrogen-bond donors (Lipinski definition) is 1. The zero-order valence-corrected chi connectivity index (χ0v) is 13.2. The Labute approximate surface area is 124 Å². The molecule has 0 aliphatic heterocycles. The minimum Gasteiger partial charge on any atom is -0.349 e. The summed E-state index contributed by atoms with van der Waals surface area (Å²) in [6.45, 7) is 0. The molecule has 1 aromatic heterocycles. The molecule has 0 radical (unpaired) electrons. The number of amides is 1. The van der Waals surface area contributed by atoms with Crippen LogP contribution in [0.2, 0.25) is 0 Å². The van der Waals surface area contributed by atoms with Gasteiger partial charge in [0.05, 0.1) is 5.56 Å². The largest absolute Gasteiger partial charge is 0.349 e. The van der Waals surface area contributed by atoms with Crippen LogP contribution < -0.4 is 5.32 Å². The Bertz CT molecular complexity index is 425. The Morgan fingerprint density at radius 3 is 2.89 bits per heavy atom. The van der Waals surface area contributed by atoms with E-state index in [0.29, 0.717) is 11.5 Å². The molecule has 2 atom stereocenters. The predicted molar refractivity (Wildman–Crippen MR) is 78.9 cm³/mol. The number of nitrogens with one attached hydrogen (secondary N) is 1. The van der Waals surface area contributed by atoms with Crippen molar-refractivity contribution >= 4 is 37.8 Å². The first kappa shape index (κ1) is 14.0. The number of hydrogen-bond acceptors (Lipinski definition) is 2. The zero-order chi connectivity index (χ0) is 13.0. The summed E-state index contributed by atoms with van der Waals surface area (Å²) in [5, 5.41) is 4.09. The lowest BCUT2D eigenvalue weighted by Crippen LogP contribution is -2.42. The molecule has 0 spiro atoms. The van der Waals surface area contributed by atoms with Crippen LogP contribution in [0.15, 0.2) is 22.9 Å². The van der Waals surface area contributed by atoms with E-state index in [9.17, 15) is 4.79 Å². The molecule has 98 valence electrons. The summed E-state index contributed by atoms with van der Waals surface area (Å²) < 4.78 is 0.829. The highest BCUT2D eigenvalue weighted by atomic mass is 79.9. The normalized spacial score (nSPS) is 23.7. The van der Waals surface area contributed by atoms with Gasteiger partial charge in [0.25, 0.3) is 5.91 Å². The van der Waals surface area contributed by atoms with Crippen LogP contribution in [0.1, 0.15) is 36.0 Å². The Kier molecular flexibility index (Phi) is 5.18. The summed E-state index contributed by atoms with van der Waals surface area (Å²) in [5.74, 6) is 0.518. The Balaban J connectivity index is 2.02. The van der Waals surface area contributed by atoms with Crippen molar-refractivity contribution in [3.63, 3.8) is 0 Å². The van der Waals surface area contributed by atoms with Gasteiger partial charge in [-0.3, -0.25) is 9.78 Å². The maximum Gasteiger partial charge on any atom is 0.253 e. The number of carbonyl (C=O) groups is 1. The lowest BCUT2D eigenvalue weighted by Gasteiger charge is -2.30. The van der Waals surface area contributed by atoms with Crippen LogP contribution in [-0.4, -0.2) is 22.3 Å². The van der Waals surface area contributed by atoms with Gasteiger partial charge < -0.3 is 5.32 Å². The van der Waals surface area contributed by atoms with Gasteiger partial charge in [0.15, 0.2) is 0 Å². The second-order valence-corrected chi connectivity index (χ2v) is 6.23. The number of alkyl halides is 1. The van der Waals surface area contributed by atoms with Gasteiger partial charge in [0.1, 0.15) is 0 Å². The highest BCUT2D eigenvalue weighted by Crippen LogP contribution is 2.26. The van der Waals surface area contributed by atoms with Crippen LogP contribution in [0.4, 0.5) is 0 Å². The molecular formula is C13H16Br2N2O. The van der Waals surface area contributed by atoms with E-state index in [2.05, 4.69) is 42.2 Å². The van der Waals surface area contributed by atoms with Crippen molar-refractivity contribution in [1.82, 2.24) is 10.3 Å². The molecule has 18 heavy (non-hydrogen) atoms. The highest BCUT2D eigenvalue weighted by Gasteiger charge is 2.25. The molecule has 1 aliphatic rings. The smallest absolute Gasteiger partial charge is 0.253 e. The minimum atomic E-state index is -0.0262. The van der Waals surface area contributed by atoms with Gasteiger partial charge in [0, 0.05) is 28.2 Å². The first-order chi connectivity index (χ1) is 8.70. The van der Waals surface area contributed by atoms with E-state index in [-0.39, 0.29) is 11.9 Å². The molecule has 1 heterocycles. The number of pyridine rings is 1. The van der Waals surface area contributed by atoms with Crippen molar-refractivity contribution in [1.29, 1.82) is 0 Å². The van der Waals surface area contributed by atoms with Crippen molar-refractivity contribution < 1.29 is 4.79 Å². The molecule has 0 aromatic carbocycles. The quantitative estimate of drug-likeness (QED) is 0.821. The van der Waals surface area contributed by atoms with Crippen LogP contribution in [0.25, 0.3) is 0 Å². The van der Waals surface area contributed by atoms with Gasteiger partial charge in [-0.2, -0.15) is 0 Å². The lowest BCUT2D eigenvalue weighted by molar-refractivity contribution is 0.0911. The summed E-state index contributed by atoms with van der Waals surface area (Å²) in [7, 11) is 0. The SMILES string of the molecule is O=C(NC1CCCCC1CBr)c1cncc(Br)c1. The lowest BCUT2D eigenvalue weighted by atomic mass is 9.86. The van der Waals surface area contributed by atoms with Gasteiger partial charge >= 0.3 is 0 Å².